The number of aliphatic hydroxyl groups is 1. The van der Waals surface area contributed by atoms with Gasteiger partial charge in [0.1, 0.15) is 0 Å². The zero-order valence-corrected chi connectivity index (χ0v) is 10.1. The van der Waals surface area contributed by atoms with Crippen LogP contribution in [0.2, 0.25) is 0 Å². The van der Waals surface area contributed by atoms with Gasteiger partial charge in [0.25, 0.3) is 0 Å². The van der Waals surface area contributed by atoms with Crippen LogP contribution in [0.5, 0.6) is 0 Å². The monoisotopic (exact) mass is 210 g/mol. The first kappa shape index (κ1) is 11.4. The van der Waals surface area contributed by atoms with Gasteiger partial charge in [0.15, 0.2) is 0 Å². The van der Waals surface area contributed by atoms with Gasteiger partial charge in [0, 0.05) is 0 Å². The number of hydrogen-bond donors (Lipinski definition) is 1. The Morgan fingerprint density at radius 2 is 1.80 bits per heavy atom. The summed E-state index contributed by atoms with van der Waals surface area (Å²) in [6.07, 6.45) is 12.0. The van der Waals surface area contributed by atoms with Gasteiger partial charge in [0.2, 0.25) is 0 Å². The minimum Gasteiger partial charge on any atom is -0.393 e. The molecule has 0 aromatic carbocycles. The molecule has 0 amide bonds. The molecule has 1 heteroatoms. The van der Waals surface area contributed by atoms with Crippen LogP contribution in [0.4, 0.5) is 0 Å². The molecule has 0 saturated heterocycles. The predicted octanol–water partition coefficient (Wildman–Crippen LogP) is 3.75. The van der Waals surface area contributed by atoms with E-state index in [9.17, 15) is 5.11 Å². The minimum absolute atomic E-state index is 0.0289. The van der Waals surface area contributed by atoms with Crippen molar-refractivity contribution in [2.75, 3.05) is 0 Å². The summed E-state index contributed by atoms with van der Waals surface area (Å²) in [5.74, 6) is 2.43. The van der Waals surface area contributed by atoms with Crippen LogP contribution < -0.4 is 0 Å². The highest BCUT2D eigenvalue weighted by Gasteiger charge is 2.35. The zero-order valence-electron chi connectivity index (χ0n) is 10.1. The molecule has 1 nitrogen and oxygen atoms in total. The Morgan fingerprint density at radius 1 is 1.07 bits per heavy atom. The lowest BCUT2D eigenvalue weighted by molar-refractivity contribution is 0.0163. The van der Waals surface area contributed by atoms with E-state index in [4.69, 9.17) is 0 Å². The van der Waals surface area contributed by atoms with Crippen LogP contribution in [0.15, 0.2) is 0 Å². The first-order valence-electron chi connectivity index (χ1n) is 6.99. The molecule has 0 aromatic heterocycles. The highest BCUT2D eigenvalue weighted by Crippen LogP contribution is 2.42. The second kappa shape index (κ2) is 5.34. The molecule has 1 N–H and O–H groups in total. The van der Waals surface area contributed by atoms with E-state index >= 15 is 0 Å². The van der Waals surface area contributed by atoms with Gasteiger partial charge >= 0.3 is 0 Å². The number of aliphatic hydroxyl groups excluding tert-OH is 1. The summed E-state index contributed by atoms with van der Waals surface area (Å²) >= 11 is 0. The lowest BCUT2D eigenvalue weighted by Gasteiger charge is -2.37. The third-order valence-electron chi connectivity index (χ3n) is 4.67. The lowest BCUT2D eigenvalue weighted by Crippen LogP contribution is -2.33. The third-order valence-corrected chi connectivity index (χ3v) is 4.67. The molecule has 15 heavy (non-hydrogen) atoms. The highest BCUT2D eigenvalue weighted by atomic mass is 16.3. The average molecular weight is 210 g/mol. The van der Waals surface area contributed by atoms with Crippen molar-refractivity contribution in [2.45, 2.75) is 70.8 Å². The maximum absolute atomic E-state index is 10.1. The quantitative estimate of drug-likeness (QED) is 0.752. The standard InChI is InChI=1S/C14H26O/c1-2-5-11-8-9-14(15)13(10-11)12-6-3-4-7-12/h11-15H,2-10H2,1H3. The summed E-state index contributed by atoms with van der Waals surface area (Å²) in [5, 5.41) is 10.1. The van der Waals surface area contributed by atoms with Crippen LogP contribution >= 0.6 is 0 Å². The van der Waals surface area contributed by atoms with Crippen molar-refractivity contribution in [3.63, 3.8) is 0 Å². The van der Waals surface area contributed by atoms with Gasteiger partial charge in [-0.05, 0) is 37.0 Å². The second-order valence-corrected chi connectivity index (χ2v) is 5.74. The Kier molecular flexibility index (Phi) is 4.07. The van der Waals surface area contributed by atoms with Gasteiger partial charge in [-0.3, -0.25) is 0 Å². The normalized spacial score (nSPS) is 38.4. The van der Waals surface area contributed by atoms with Crippen LogP contribution in [0.3, 0.4) is 0 Å². The van der Waals surface area contributed by atoms with E-state index in [0.717, 1.165) is 18.3 Å². The molecule has 3 atom stereocenters. The fourth-order valence-electron chi connectivity index (χ4n) is 3.84. The first-order chi connectivity index (χ1) is 7.31. The maximum Gasteiger partial charge on any atom is 0.0571 e. The summed E-state index contributed by atoms with van der Waals surface area (Å²) in [5.41, 5.74) is 0. The van der Waals surface area contributed by atoms with Crippen molar-refractivity contribution >= 4 is 0 Å². The Balaban J connectivity index is 1.89. The third kappa shape index (κ3) is 2.75. The molecule has 0 bridgehead atoms. The summed E-state index contributed by atoms with van der Waals surface area (Å²) in [4.78, 5) is 0. The van der Waals surface area contributed by atoms with Gasteiger partial charge in [0.05, 0.1) is 6.10 Å². The topological polar surface area (TPSA) is 20.2 Å². The van der Waals surface area contributed by atoms with Gasteiger partial charge < -0.3 is 5.11 Å². The molecule has 3 unspecified atom stereocenters. The van der Waals surface area contributed by atoms with E-state index in [-0.39, 0.29) is 6.10 Å². The Labute approximate surface area is 94.3 Å². The van der Waals surface area contributed by atoms with E-state index in [2.05, 4.69) is 6.92 Å². The SMILES string of the molecule is CCCC1CCC(O)C(C2CCCC2)C1. The van der Waals surface area contributed by atoms with Crippen molar-refractivity contribution in [2.24, 2.45) is 17.8 Å². The molecule has 2 aliphatic rings. The molecule has 0 spiro atoms. The van der Waals surface area contributed by atoms with Crippen LogP contribution in [0.25, 0.3) is 0 Å². The molecule has 2 aliphatic carbocycles. The largest absolute Gasteiger partial charge is 0.393 e. The Bertz CT molecular complexity index is 184. The van der Waals surface area contributed by atoms with E-state index in [1.165, 1.54) is 51.4 Å². The van der Waals surface area contributed by atoms with Crippen LogP contribution in [-0.2, 0) is 0 Å². The molecule has 0 aromatic rings. The van der Waals surface area contributed by atoms with Crippen molar-refractivity contribution in [1.82, 2.24) is 0 Å². The number of rotatable bonds is 3. The molecule has 0 heterocycles. The van der Waals surface area contributed by atoms with E-state index in [1.807, 2.05) is 0 Å². The molecule has 2 saturated carbocycles. The van der Waals surface area contributed by atoms with E-state index in [1.54, 1.807) is 0 Å². The molecular formula is C14H26O. The van der Waals surface area contributed by atoms with Crippen LogP contribution in [0.1, 0.15) is 64.7 Å². The van der Waals surface area contributed by atoms with Crippen LogP contribution in [-0.4, -0.2) is 11.2 Å². The van der Waals surface area contributed by atoms with Gasteiger partial charge in [-0.15, -0.1) is 0 Å². The highest BCUT2D eigenvalue weighted by molar-refractivity contribution is 4.86. The summed E-state index contributed by atoms with van der Waals surface area (Å²) in [6, 6.07) is 0. The van der Waals surface area contributed by atoms with Gasteiger partial charge in [-0.1, -0.05) is 45.4 Å². The molecular weight excluding hydrogens is 184 g/mol. The summed E-state index contributed by atoms with van der Waals surface area (Å²) in [7, 11) is 0. The average Bonchev–Trinajstić information content (AvgIpc) is 2.74. The smallest absolute Gasteiger partial charge is 0.0571 e. The maximum atomic E-state index is 10.1. The second-order valence-electron chi connectivity index (χ2n) is 5.74. The Morgan fingerprint density at radius 3 is 2.47 bits per heavy atom. The first-order valence-corrected chi connectivity index (χ1v) is 6.99. The van der Waals surface area contributed by atoms with Crippen molar-refractivity contribution in [3.8, 4) is 0 Å². The van der Waals surface area contributed by atoms with Gasteiger partial charge in [-0.25, -0.2) is 0 Å². The van der Waals surface area contributed by atoms with Crippen molar-refractivity contribution in [1.29, 1.82) is 0 Å². The zero-order chi connectivity index (χ0) is 10.7. The predicted molar refractivity (Wildman–Crippen MR) is 63.7 cm³/mol. The van der Waals surface area contributed by atoms with Gasteiger partial charge in [-0.2, -0.15) is 0 Å². The van der Waals surface area contributed by atoms with Crippen LogP contribution in [0, 0.1) is 17.8 Å². The molecule has 0 radical (unpaired) electrons. The van der Waals surface area contributed by atoms with E-state index in [0.29, 0.717) is 5.92 Å². The fraction of sp³-hybridized carbons (Fsp3) is 1.00. The fourth-order valence-corrected chi connectivity index (χ4v) is 3.84. The summed E-state index contributed by atoms with van der Waals surface area (Å²) in [6.45, 7) is 2.29. The number of hydrogen-bond acceptors (Lipinski definition) is 1. The molecule has 2 fully saturated rings. The molecule has 2 rings (SSSR count). The molecule has 88 valence electrons. The van der Waals surface area contributed by atoms with Crippen molar-refractivity contribution in [3.05, 3.63) is 0 Å². The Hall–Kier alpha value is -0.0400. The lowest BCUT2D eigenvalue weighted by atomic mass is 9.71. The molecule has 0 aliphatic heterocycles. The van der Waals surface area contributed by atoms with Crippen molar-refractivity contribution < 1.29 is 5.11 Å². The van der Waals surface area contributed by atoms with E-state index < -0.39 is 0 Å². The summed E-state index contributed by atoms with van der Waals surface area (Å²) < 4.78 is 0. The minimum atomic E-state index is 0.0289.